The Morgan fingerprint density at radius 2 is 2.25 bits per heavy atom. The normalized spacial score (nSPS) is 9.75. The van der Waals surface area contributed by atoms with Crippen LogP contribution in [0.4, 0.5) is 0 Å². The highest BCUT2D eigenvalue weighted by molar-refractivity contribution is 7.99. The molecule has 16 heavy (non-hydrogen) atoms. The second-order valence-electron chi connectivity index (χ2n) is 3.12. The van der Waals surface area contributed by atoms with Gasteiger partial charge in [-0.2, -0.15) is 10.4 Å². The number of nitriles is 1. The van der Waals surface area contributed by atoms with Gasteiger partial charge in [-0.3, -0.25) is 0 Å². The molecule has 1 aromatic heterocycles. The first-order chi connectivity index (χ1) is 7.78. The van der Waals surface area contributed by atoms with E-state index >= 15 is 0 Å². The number of hydrogen-bond acceptors (Lipinski definition) is 5. The van der Waals surface area contributed by atoms with Gasteiger partial charge < -0.3 is 0 Å². The zero-order valence-electron chi connectivity index (χ0n) is 8.58. The largest absolute Gasteiger partial charge is 0.225 e. The predicted octanol–water partition coefficient (Wildman–Crippen LogP) is 2.20. The topological polar surface area (TPSA) is 62.5 Å². The average molecular weight is 228 g/mol. The maximum absolute atomic E-state index is 8.77. The molecular formula is C11H8N4S. The van der Waals surface area contributed by atoms with Crippen molar-refractivity contribution in [3.8, 4) is 6.07 Å². The summed E-state index contributed by atoms with van der Waals surface area (Å²) in [5.41, 5.74) is 1.46. The maximum atomic E-state index is 8.77. The zero-order chi connectivity index (χ0) is 11.4. The molecule has 0 atom stereocenters. The summed E-state index contributed by atoms with van der Waals surface area (Å²) in [4.78, 5) is 5.17. The third kappa shape index (κ3) is 2.55. The van der Waals surface area contributed by atoms with Crippen LogP contribution in [0, 0.1) is 18.3 Å². The summed E-state index contributed by atoms with van der Waals surface area (Å²) in [6, 6.07) is 9.41. The van der Waals surface area contributed by atoms with Crippen molar-refractivity contribution in [3.63, 3.8) is 0 Å². The monoisotopic (exact) mass is 228 g/mol. The van der Waals surface area contributed by atoms with E-state index < -0.39 is 0 Å². The Bertz CT molecular complexity index is 548. The van der Waals surface area contributed by atoms with Crippen LogP contribution in [0.25, 0.3) is 0 Å². The first-order valence-electron chi connectivity index (χ1n) is 4.62. The van der Waals surface area contributed by atoms with Crippen LogP contribution in [0.15, 0.2) is 40.5 Å². The van der Waals surface area contributed by atoms with Crippen molar-refractivity contribution >= 4 is 11.8 Å². The lowest BCUT2D eigenvalue weighted by atomic mass is 10.2. The van der Waals surface area contributed by atoms with Gasteiger partial charge in [-0.1, -0.05) is 6.07 Å². The van der Waals surface area contributed by atoms with Gasteiger partial charge in [-0.25, -0.2) is 4.98 Å². The van der Waals surface area contributed by atoms with E-state index in [2.05, 4.69) is 21.3 Å². The van der Waals surface area contributed by atoms with Crippen LogP contribution in [-0.2, 0) is 0 Å². The lowest BCUT2D eigenvalue weighted by molar-refractivity contribution is 0.816. The van der Waals surface area contributed by atoms with Crippen molar-refractivity contribution in [2.45, 2.75) is 17.0 Å². The summed E-state index contributed by atoms with van der Waals surface area (Å²) in [5, 5.41) is 17.1. The average Bonchev–Trinajstić information content (AvgIpc) is 2.29. The van der Waals surface area contributed by atoms with Crippen molar-refractivity contribution in [1.29, 1.82) is 5.26 Å². The van der Waals surface area contributed by atoms with Crippen LogP contribution in [0.3, 0.4) is 0 Å². The summed E-state index contributed by atoms with van der Waals surface area (Å²) < 4.78 is 0. The number of aryl methyl sites for hydroxylation is 1. The molecule has 0 saturated carbocycles. The van der Waals surface area contributed by atoms with Crippen LogP contribution in [0.1, 0.15) is 11.3 Å². The van der Waals surface area contributed by atoms with E-state index in [1.807, 2.05) is 19.1 Å². The van der Waals surface area contributed by atoms with E-state index in [0.29, 0.717) is 10.7 Å². The molecule has 2 aromatic rings. The minimum Gasteiger partial charge on any atom is -0.225 e. The van der Waals surface area contributed by atoms with Crippen molar-refractivity contribution in [3.05, 3.63) is 41.7 Å². The molecular weight excluding hydrogens is 220 g/mol. The molecule has 4 nitrogen and oxygen atoms in total. The quantitative estimate of drug-likeness (QED) is 0.788. The summed E-state index contributed by atoms with van der Waals surface area (Å²) in [6.07, 6.45) is 1.61. The minimum absolute atomic E-state index is 0.593. The molecule has 5 heteroatoms. The first-order valence-corrected chi connectivity index (χ1v) is 5.44. The van der Waals surface area contributed by atoms with E-state index in [1.165, 1.54) is 11.8 Å². The summed E-state index contributed by atoms with van der Waals surface area (Å²) in [6.45, 7) is 1.87. The molecule has 0 aliphatic carbocycles. The lowest BCUT2D eigenvalue weighted by Crippen LogP contribution is -1.91. The smallest absolute Gasteiger partial charge is 0.214 e. The van der Waals surface area contributed by atoms with Crippen LogP contribution < -0.4 is 0 Å². The molecule has 0 N–H and O–H groups in total. The molecule has 1 aromatic carbocycles. The van der Waals surface area contributed by atoms with E-state index in [9.17, 15) is 0 Å². The molecule has 2 rings (SSSR count). The number of nitrogens with zero attached hydrogens (tertiary/aromatic N) is 4. The van der Waals surface area contributed by atoms with Gasteiger partial charge in [-0.15, -0.1) is 5.10 Å². The molecule has 0 spiro atoms. The van der Waals surface area contributed by atoms with Crippen molar-refractivity contribution < 1.29 is 0 Å². The molecule has 0 aliphatic rings. The Balaban J connectivity index is 2.24. The Kier molecular flexibility index (Phi) is 3.13. The number of hydrogen-bond donors (Lipinski definition) is 0. The molecule has 1 heterocycles. The van der Waals surface area contributed by atoms with E-state index in [0.717, 1.165) is 10.6 Å². The van der Waals surface area contributed by atoms with E-state index in [-0.39, 0.29) is 0 Å². The fraction of sp³-hybridized carbons (Fsp3) is 0.0909. The number of rotatable bonds is 2. The van der Waals surface area contributed by atoms with Gasteiger partial charge in [0.25, 0.3) is 0 Å². The third-order valence-corrected chi connectivity index (χ3v) is 2.68. The van der Waals surface area contributed by atoms with Crippen LogP contribution in [-0.4, -0.2) is 15.2 Å². The highest BCUT2D eigenvalue weighted by atomic mass is 32.2. The molecule has 0 bridgehead atoms. The van der Waals surface area contributed by atoms with Gasteiger partial charge in [0.05, 0.1) is 23.5 Å². The highest BCUT2D eigenvalue weighted by Gasteiger charge is 2.02. The van der Waals surface area contributed by atoms with Crippen LogP contribution >= 0.6 is 11.8 Å². The Morgan fingerprint density at radius 3 is 3.00 bits per heavy atom. The second-order valence-corrected chi connectivity index (χ2v) is 4.16. The van der Waals surface area contributed by atoms with E-state index in [4.69, 9.17) is 5.26 Å². The fourth-order valence-corrected chi connectivity index (χ4v) is 1.96. The minimum atomic E-state index is 0.593. The molecule has 0 saturated heterocycles. The van der Waals surface area contributed by atoms with Crippen molar-refractivity contribution in [2.24, 2.45) is 0 Å². The molecule has 78 valence electrons. The fourth-order valence-electron chi connectivity index (χ4n) is 1.14. The molecule has 0 fully saturated rings. The van der Waals surface area contributed by atoms with Gasteiger partial charge in [0.2, 0.25) is 5.16 Å². The summed E-state index contributed by atoms with van der Waals surface area (Å²) >= 11 is 1.40. The van der Waals surface area contributed by atoms with Gasteiger partial charge in [0.1, 0.15) is 0 Å². The summed E-state index contributed by atoms with van der Waals surface area (Å²) in [5.74, 6) is 0. The van der Waals surface area contributed by atoms with Gasteiger partial charge in [-0.05, 0) is 36.9 Å². The van der Waals surface area contributed by atoms with Gasteiger partial charge >= 0.3 is 0 Å². The van der Waals surface area contributed by atoms with E-state index in [1.54, 1.807) is 18.3 Å². The van der Waals surface area contributed by atoms with Crippen molar-refractivity contribution in [2.75, 3.05) is 0 Å². The molecule has 0 amide bonds. The zero-order valence-corrected chi connectivity index (χ0v) is 9.40. The first kappa shape index (κ1) is 10.6. The van der Waals surface area contributed by atoms with Gasteiger partial charge in [0.15, 0.2) is 0 Å². The summed E-state index contributed by atoms with van der Waals surface area (Å²) in [7, 11) is 0. The third-order valence-electron chi connectivity index (χ3n) is 1.83. The lowest BCUT2D eigenvalue weighted by Gasteiger charge is -1.99. The molecule has 0 radical (unpaired) electrons. The standard InChI is InChI=1S/C11H8N4S/c1-8-7-13-15-11(14-8)16-10-4-2-3-9(5-10)6-12/h2-5,7H,1H3. The van der Waals surface area contributed by atoms with Crippen LogP contribution in [0.5, 0.6) is 0 Å². The Labute approximate surface area is 97.4 Å². The SMILES string of the molecule is Cc1cnnc(Sc2cccc(C#N)c2)n1. The van der Waals surface area contributed by atoms with Gasteiger partial charge in [0, 0.05) is 4.90 Å². The Morgan fingerprint density at radius 1 is 1.38 bits per heavy atom. The molecule has 0 unspecified atom stereocenters. The highest BCUT2D eigenvalue weighted by Crippen LogP contribution is 2.24. The van der Waals surface area contributed by atoms with Crippen molar-refractivity contribution in [1.82, 2.24) is 15.2 Å². The number of aromatic nitrogens is 3. The number of benzene rings is 1. The second kappa shape index (κ2) is 4.73. The molecule has 0 aliphatic heterocycles. The Hall–Kier alpha value is -1.93. The maximum Gasteiger partial charge on any atom is 0.214 e. The van der Waals surface area contributed by atoms with Crippen LogP contribution in [0.2, 0.25) is 0 Å². The predicted molar refractivity (Wildman–Crippen MR) is 59.8 cm³/mol.